The van der Waals surface area contributed by atoms with E-state index in [4.69, 9.17) is 23.1 Å². The third kappa shape index (κ3) is 11.4. The monoisotopic (exact) mass is 790 g/mol. The van der Waals surface area contributed by atoms with Crippen LogP contribution < -0.4 is 10.4 Å². The molecule has 5 atom stereocenters. The van der Waals surface area contributed by atoms with E-state index in [-0.39, 0.29) is 30.3 Å². The molecule has 0 aromatic heterocycles. The largest absolute Gasteiger partial charge is 0.467 e. The summed E-state index contributed by atoms with van der Waals surface area (Å²) in [7, 11) is -2.86. The molecule has 0 aliphatic heterocycles. The van der Waals surface area contributed by atoms with Crippen molar-refractivity contribution in [2.24, 2.45) is 5.41 Å². The first-order chi connectivity index (χ1) is 25.6. The summed E-state index contributed by atoms with van der Waals surface area (Å²) < 4.78 is 32.3. The molecule has 0 saturated carbocycles. The summed E-state index contributed by atoms with van der Waals surface area (Å²) in [5, 5.41) is 13.4. The Morgan fingerprint density at radius 3 is 1.64 bits per heavy atom. The number of allylic oxidation sites excluding steroid dienone is 1. The van der Waals surface area contributed by atoms with Gasteiger partial charge in [-0.25, -0.2) is 4.79 Å². The van der Waals surface area contributed by atoms with Crippen molar-refractivity contribution in [3.05, 3.63) is 109 Å². The molecule has 0 aliphatic carbocycles. The minimum atomic E-state index is -3.27. The van der Waals surface area contributed by atoms with Gasteiger partial charge in [-0.15, -0.1) is 6.58 Å². The molecule has 0 bridgehead atoms. The zero-order valence-corrected chi connectivity index (χ0v) is 37.3. The fourth-order valence-electron chi connectivity index (χ4n) is 6.64. The van der Waals surface area contributed by atoms with Gasteiger partial charge in [0.1, 0.15) is 6.10 Å². The third-order valence-electron chi connectivity index (χ3n) is 11.1. The van der Waals surface area contributed by atoms with Crippen LogP contribution in [0.3, 0.4) is 0 Å². The molecule has 3 rings (SSSR count). The minimum absolute atomic E-state index is 0.0396. The second-order valence-corrected chi connectivity index (χ2v) is 26.6. The van der Waals surface area contributed by atoms with Crippen molar-refractivity contribution in [3.8, 4) is 0 Å². The van der Waals surface area contributed by atoms with Crippen LogP contribution in [0.2, 0.25) is 23.2 Å². The summed E-state index contributed by atoms with van der Waals surface area (Å²) in [5.74, 6) is -0.860. The van der Waals surface area contributed by atoms with E-state index >= 15 is 0 Å². The molecule has 10 heteroatoms. The first kappa shape index (κ1) is 46.2. The van der Waals surface area contributed by atoms with E-state index in [0.717, 1.165) is 15.9 Å². The smallest absolute Gasteiger partial charge is 0.336 e. The topological polar surface area (TPSA) is 101 Å². The van der Waals surface area contributed by atoms with Crippen molar-refractivity contribution in [2.45, 2.75) is 129 Å². The Balaban J connectivity index is 2.14. The molecule has 0 saturated heterocycles. The van der Waals surface area contributed by atoms with E-state index in [1.807, 2.05) is 66.7 Å². The zero-order chi connectivity index (χ0) is 41.2. The molecule has 0 heterocycles. The van der Waals surface area contributed by atoms with Crippen LogP contribution in [0, 0.1) is 5.41 Å². The maximum absolute atomic E-state index is 14.0. The quantitative estimate of drug-likeness (QED) is 0.0699. The van der Waals surface area contributed by atoms with E-state index in [9.17, 15) is 14.7 Å². The van der Waals surface area contributed by atoms with Crippen molar-refractivity contribution >= 4 is 38.8 Å². The lowest BCUT2D eigenvalue weighted by atomic mass is 9.82. The zero-order valence-electron chi connectivity index (χ0n) is 35.3. The average molecular weight is 791 g/mol. The van der Waals surface area contributed by atoms with E-state index in [2.05, 4.69) is 85.5 Å². The van der Waals surface area contributed by atoms with Gasteiger partial charge in [0, 0.05) is 25.4 Å². The number of ether oxygens (including phenoxy) is 3. The highest BCUT2D eigenvalue weighted by Gasteiger charge is 2.54. The van der Waals surface area contributed by atoms with Gasteiger partial charge >= 0.3 is 5.97 Å². The van der Waals surface area contributed by atoms with E-state index in [1.54, 1.807) is 27.0 Å². The van der Waals surface area contributed by atoms with Gasteiger partial charge in [-0.3, -0.25) is 4.79 Å². The highest BCUT2D eigenvalue weighted by Crippen LogP contribution is 2.41. The van der Waals surface area contributed by atoms with Crippen LogP contribution in [-0.2, 0) is 39.3 Å². The Hall–Kier alpha value is -3.23. The van der Waals surface area contributed by atoms with E-state index in [0.29, 0.717) is 0 Å². The lowest BCUT2D eigenvalue weighted by Gasteiger charge is -2.46. The predicted octanol–water partition coefficient (Wildman–Crippen LogP) is 8.02. The number of hydrogen-bond acceptors (Lipinski definition) is 8. The number of esters is 1. The highest BCUT2D eigenvalue weighted by atomic mass is 28.4. The van der Waals surface area contributed by atoms with Crippen LogP contribution in [0.15, 0.2) is 104 Å². The van der Waals surface area contributed by atoms with Gasteiger partial charge in [0.25, 0.3) is 8.32 Å². The molecule has 0 radical (unpaired) electrons. The third-order valence-corrected chi connectivity index (χ3v) is 20.6. The molecule has 0 unspecified atom stereocenters. The summed E-state index contributed by atoms with van der Waals surface area (Å²) in [4.78, 5) is 28.1. The molecule has 55 heavy (non-hydrogen) atoms. The van der Waals surface area contributed by atoms with Crippen molar-refractivity contribution in [1.82, 2.24) is 0 Å². The van der Waals surface area contributed by atoms with Gasteiger partial charge < -0.3 is 28.2 Å². The van der Waals surface area contributed by atoms with Crippen LogP contribution in [0.25, 0.3) is 0 Å². The molecule has 8 nitrogen and oxygen atoms in total. The summed E-state index contributed by atoms with van der Waals surface area (Å²) in [5.41, 5.74) is -0.0916. The van der Waals surface area contributed by atoms with Gasteiger partial charge in [-0.05, 0) is 53.0 Å². The van der Waals surface area contributed by atoms with Gasteiger partial charge in [-0.1, -0.05) is 139 Å². The number of aliphatic hydroxyl groups is 1. The molecule has 0 fully saturated rings. The van der Waals surface area contributed by atoms with Crippen LogP contribution in [0.5, 0.6) is 0 Å². The number of hydrogen-bond donors (Lipinski definition) is 1. The first-order valence-corrected chi connectivity index (χ1v) is 24.1. The Labute approximate surface area is 332 Å². The molecule has 3 aromatic carbocycles. The van der Waals surface area contributed by atoms with Crippen molar-refractivity contribution in [2.75, 3.05) is 14.2 Å². The van der Waals surface area contributed by atoms with Crippen molar-refractivity contribution in [3.63, 3.8) is 0 Å². The molecule has 302 valence electrons. The van der Waals surface area contributed by atoms with Crippen LogP contribution >= 0.6 is 0 Å². The van der Waals surface area contributed by atoms with Gasteiger partial charge in [-0.2, -0.15) is 0 Å². The number of methoxy groups -OCH3 is 2. The number of rotatable bonds is 20. The average Bonchev–Trinajstić information content (AvgIpc) is 3.14. The molecule has 1 N–H and O–H groups in total. The summed E-state index contributed by atoms with van der Waals surface area (Å²) >= 11 is 0. The summed E-state index contributed by atoms with van der Waals surface area (Å²) in [6, 6.07) is 29.7. The standard InChI is InChI=1S/C45H66O8Si2/c1-14-45(8,9)41(47)39(51-32-33-24-18-15-19-25-33)37(46)30-34(52-54(12,13)43(2,3)4)31-38(49-10)40(42(48)50-11)53-55(44(5,6)7,35-26-20-16-21-27-35)36-28-22-17-23-29-36/h14-29,34,37-40,46H,1,30-32H2,2-13H3/t34-,37+,38-,39+,40+/m1/s1. The summed E-state index contributed by atoms with van der Waals surface area (Å²) in [6.07, 6.45) is -3.30. The Morgan fingerprint density at radius 1 is 0.727 bits per heavy atom. The van der Waals surface area contributed by atoms with Crippen LogP contribution in [0.1, 0.15) is 73.8 Å². The fraction of sp³-hybridized carbons (Fsp3) is 0.511. The second kappa shape index (κ2) is 19.3. The number of aliphatic hydroxyl groups excluding tert-OH is 1. The lowest BCUT2D eigenvalue weighted by molar-refractivity contribution is -0.158. The van der Waals surface area contributed by atoms with Crippen LogP contribution in [0.4, 0.5) is 0 Å². The van der Waals surface area contributed by atoms with E-state index in [1.165, 1.54) is 7.11 Å². The number of ketones is 1. The Bertz CT molecular complexity index is 1610. The van der Waals surface area contributed by atoms with Crippen molar-refractivity contribution < 1.29 is 37.8 Å². The first-order valence-electron chi connectivity index (χ1n) is 19.2. The maximum Gasteiger partial charge on any atom is 0.336 e. The van der Waals surface area contributed by atoms with E-state index < -0.39 is 63.6 Å². The molecule has 3 aromatic rings. The summed E-state index contributed by atoms with van der Waals surface area (Å²) in [6.45, 7) is 24.7. The second-order valence-electron chi connectivity index (χ2n) is 17.5. The van der Waals surface area contributed by atoms with Gasteiger partial charge in [0.2, 0.25) is 0 Å². The van der Waals surface area contributed by atoms with Crippen molar-refractivity contribution in [1.29, 1.82) is 0 Å². The molecule has 0 aliphatic rings. The number of Topliss-reactive ketones (excluding diaryl/α,β-unsaturated/α-hetero) is 1. The number of benzene rings is 3. The SMILES string of the molecule is C=CC(C)(C)C(=O)[C@@H](OCc1ccccc1)[C@@H](O)C[C@H](C[C@@H](OC)[C@H](O[Si](c1ccccc1)(c1ccccc1)C(C)(C)C)C(=O)OC)O[Si](C)(C)C(C)(C)C. The number of carbonyl (C=O) groups excluding carboxylic acids is 2. The molecular weight excluding hydrogens is 725 g/mol. The highest BCUT2D eigenvalue weighted by molar-refractivity contribution is 6.99. The normalized spacial score (nSPS) is 15.7. The van der Waals surface area contributed by atoms with Gasteiger partial charge in [0.05, 0.1) is 32.0 Å². The predicted molar refractivity (Wildman–Crippen MR) is 227 cm³/mol. The van der Waals surface area contributed by atoms with Crippen LogP contribution in [-0.4, -0.2) is 78.2 Å². The minimum Gasteiger partial charge on any atom is -0.467 e. The molecule has 0 amide bonds. The maximum atomic E-state index is 14.0. The molecular formula is C45H66O8Si2. The fourth-order valence-corrected chi connectivity index (χ4v) is 12.7. The lowest BCUT2D eigenvalue weighted by Crippen LogP contribution is -2.69. The van der Waals surface area contributed by atoms with Gasteiger partial charge in [0.15, 0.2) is 20.2 Å². The number of carbonyl (C=O) groups is 2. The molecule has 0 spiro atoms. The Morgan fingerprint density at radius 2 is 1.22 bits per heavy atom. The Kier molecular flexibility index (Phi) is 16.2.